The summed E-state index contributed by atoms with van der Waals surface area (Å²) in [4.78, 5) is 11.0. The fourth-order valence-electron chi connectivity index (χ4n) is 2.10. The molecular formula is C16H30O2. The molecule has 0 rings (SSSR count). The molecule has 0 heterocycles. The third kappa shape index (κ3) is 11.7. The van der Waals surface area contributed by atoms with Crippen molar-refractivity contribution in [2.75, 3.05) is 0 Å². The Kier molecular flexibility index (Phi) is 12.1. The van der Waals surface area contributed by atoms with Crippen LogP contribution in [0, 0.1) is 0 Å². The van der Waals surface area contributed by atoms with Gasteiger partial charge in [-0.25, -0.2) is 0 Å². The van der Waals surface area contributed by atoms with Crippen LogP contribution in [-0.2, 0) is 9.53 Å². The van der Waals surface area contributed by atoms with Crippen LogP contribution < -0.4 is 0 Å². The molecule has 0 N–H and O–H groups in total. The molecule has 0 radical (unpaired) electrons. The van der Waals surface area contributed by atoms with Crippen molar-refractivity contribution >= 4 is 5.97 Å². The van der Waals surface area contributed by atoms with Gasteiger partial charge in [-0.15, -0.1) is 0 Å². The van der Waals surface area contributed by atoms with Crippen LogP contribution in [0.2, 0.25) is 0 Å². The van der Waals surface area contributed by atoms with E-state index in [1.54, 1.807) is 0 Å². The van der Waals surface area contributed by atoms with Gasteiger partial charge in [-0.2, -0.15) is 0 Å². The summed E-state index contributed by atoms with van der Waals surface area (Å²) in [6, 6.07) is 0. The fraction of sp³-hybridized carbons (Fsp3) is 0.812. The molecule has 0 aliphatic heterocycles. The number of ether oxygens (including phenoxy) is 1. The second-order valence-corrected chi connectivity index (χ2v) is 4.93. The van der Waals surface area contributed by atoms with Gasteiger partial charge in [0.2, 0.25) is 0 Å². The van der Waals surface area contributed by atoms with Crippen molar-refractivity contribution in [1.82, 2.24) is 0 Å². The van der Waals surface area contributed by atoms with Gasteiger partial charge in [-0.05, 0) is 32.6 Å². The third-order valence-electron chi connectivity index (χ3n) is 3.10. The van der Waals surface area contributed by atoms with Gasteiger partial charge >= 0.3 is 5.97 Å². The molecule has 0 aromatic heterocycles. The molecule has 18 heavy (non-hydrogen) atoms. The SMILES string of the molecule is CC=CCCC(CCCCCCCC)OC(C)=O. The predicted molar refractivity (Wildman–Crippen MR) is 77.6 cm³/mol. The Bertz CT molecular complexity index is 221. The molecule has 2 heteroatoms. The first kappa shape index (κ1) is 17.2. The summed E-state index contributed by atoms with van der Waals surface area (Å²) in [5.41, 5.74) is 0. The minimum atomic E-state index is -0.147. The second kappa shape index (κ2) is 12.7. The summed E-state index contributed by atoms with van der Waals surface area (Å²) in [5, 5.41) is 0. The zero-order valence-corrected chi connectivity index (χ0v) is 12.4. The minimum Gasteiger partial charge on any atom is -0.463 e. The highest BCUT2D eigenvalue weighted by Gasteiger charge is 2.10. The zero-order chi connectivity index (χ0) is 13.6. The first-order chi connectivity index (χ1) is 8.70. The lowest BCUT2D eigenvalue weighted by molar-refractivity contribution is -0.146. The molecule has 0 bridgehead atoms. The predicted octanol–water partition coefficient (Wildman–Crippen LogP) is 5.03. The maximum Gasteiger partial charge on any atom is 0.302 e. The molecule has 0 fully saturated rings. The second-order valence-electron chi connectivity index (χ2n) is 4.93. The Labute approximate surface area is 113 Å². The van der Waals surface area contributed by atoms with Gasteiger partial charge in [-0.1, -0.05) is 51.2 Å². The van der Waals surface area contributed by atoms with E-state index in [0.29, 0.717) is 0 Å². The van der Waals surface area contributed by atoms with E-state index in [4.69, 9.17) is 4.74 Å². The molecule has 0 saturated carbocycles. The number of carbonyl (C=O) groups excluding carboxylic acids is 1. The summed E-state index contributed by atoms with van der Waals surface area (Å²) in [6.07, 6.45) is 15.0. The lowest BCUT2D eigenvalue weighted by Crippen LogP contribution is -2.16. The van der Waals surface area contributed by atoms with E-state index >= 15 is 0 Å². The Morgan fingerprint density at radius 1 is 1.11 bits per heavy atom. The van der Waals surface area contributed by atoms with E-state index in [0.717, 1.165) is 19.3 Å². The number of unbranched alkanes of at least 4 members (excludes halogenated alkanes) is 5. The fourth-order valence-corrected chi connectivity index (χ4v) is 2.10. The first-order valence-electron chi connectivity index (χ1n) is 7.49. The Morgan fingerprint density at radius 2 is 1.78 bits per heavy atom. The quantitative estimate of drug-likeness (QED) is 0.294. The minimum absolute atomic E-state index is 0.116. The van der Waals surface area contributed by atoms with Crippen molar-refractivity contribution in [3.63, 3.8) is 0 Å². The highest BCUT2D eigenvalue weighted by atomic mass is 16.5. The van der Waals surface area contributed by atoms with Crippen molar-refractivity contribution in [2.24, 2.45) is 0 Å². The molecule has 0 aromatic rings. The molecule has 106 valence electrons. The largest absolute Gasteiger partial charge is 0.463 e. The van der Waals surface area contributed by atoms with Crippen LogP contribution in [0.3, 0.4) is 0 Å². The van der Waals surface area contributed by atoms with Crippen LogP contribution in [0.15, 0.2) is 12.2 Å². The van der Waals surface area contributed by atoms with Crippen LogP contribution in [0.25, 0.3) is 0 Å². The van der Waals surface area contributed by atoms with Crippen molar-refractivity contribution in [3.8, 4) is 0 Å². The van der Waals surface area contributed by atoms with Gasteiger partial charge in [0.1, 0.15) is 6.10 Å². The molecule has 0 aliphatic carbocycles. The van der Waals surface area contributed by atoms with Crippen molar-refractivity contribution < 1.29 is 9.53 Å². The topological polar surface area (TPSA) is 26.3 Å². The molecule has 1 unspecified atom stereocenters. The number of carbonyl (C=O) groups is 1. The summed E-state index contributed by atoms with van der Waals surface area (Å²) in [7, 11) is 0. The van der Waals surface area contributed by atoms with Gasteiger partial charge in [0.15, 0.2) is 0 Å². The van der Waals surface area contributed by atoms with Crippen molar-refractivity contribution in [1.29, 1.82) is 0 Å². The zero-order valence-electron chi connectivity index (χ0n) is 12.4. The van der Waals surface area contributed by atoms with E-state index in [1.807, 2.05) is 6.92 Å². The maximum absolute atomic E-state index is 11.0. The molecule has 0 spiro atoms. The van der Waals surface area contributed by atoms with Gasteiger partial charge in [-0.3, -0.25) is 4.79 Å². The maximum atomic E-state index is 11.0. The third-order valence-corrected chi connectivity index (χ3v) is 3.10. The first-order valence-corrected chi connectivity index (χ1v) is 7.49. The molecular weight excluding hydrogens is 224 g/mol. The molecule has 1 atom stereocenters. The summed E-state index contributed by atoms with van der Waals surface area (Å²) in [5.74, 6) is -0.147. The van der Waals surface area contributed by atoms with Gasteiger partial charge in [0.05, 0.1) is 0 Å². The van der Waals surface area contributed by atoms with Gasteiger partial charge in [0.25, 0.3) is 0 Å². The average molecular weight is 254 g/mol. The highest BCUT2D eigenvalue weighted by Crippen LogP contribution is 2.14. The number of hydrogen-bond donors (Lipinski definition) is 0. The number of rotatable bonds is 11. The lowest BCUT2D eigenvalue weighted by Gasteiger charge is -2.16. The van der Waals surface area contributed by atoms with E-state index in [1.165, 1.54) is 45.4 Å². The standard InChI is InChI=1S/C16H30O2/c1-4-6-8-9-10-12-14-16(18-15(3)17)13-11-7-5-2/h5,7,16H,4,6,8-14H2,1-3H3. The summed E-state index contributed by atoms with van der Waals surface area (Å²) >= 11 is 0. The normalized spacial score (nSPS) is 12.8. The molecule has 0 aromatic carbocycles. The van der Waals surface area contributed by atoms with Gasteiger partial charge < -0.3 is 4.74 Å². The number of esters is 1. The Balaban J connectivity index is 3.68. The average Bonchev–Trinajstić information content (AvgIpc) is 2.33. The number of hydrogen-bond acceptors (Lipinski definition) is 2. The molecule has 0 saturated heterocycles. The van der Waals surface area contributed by atoms with Crippen LogP contribution in [0.1, 0.15) is 78.6 Å². The van der Waals surface area contributed by atoms with Crippen LogP contribution >= 0.6 is 0 Å². The number of allylic oxidation sites excluding steroid dienone is 2. The summed E-state index contributed by atoms with van der Waals surface area (Å²) in [6.45, 7) is 5.76. The van der Waals surface area contributed by atoms with Crippen molar-refractivity contribution in [2.45, 2.75) is 84.7 Å². The van der Waals surface area contributed by atoms with Gasteiger partial charge in [0, 0.05) is 6.92 Å². The van der Waals surface area contributed by atoms with E-state index in [9.17, 15) is 4.79 Å². The van der Waals surface area contributed by atoms with Crippen LogP contribution in [0.5, 0.6) is 0 Å². The molecule has 0 amide bonds. The Morgan fingerprint density at radius 3 is 2.39 bits per heavy atom. The molecule has 0 aliphatic rings. The highest BCUT2D eigenvalue weighted by molar-refractivity contribution is 5.66. The van der Waals surface area contributed by atoms with Crippen molar-refractivity contribution in [3.05, 3.63) is 12.2 Å². The smallest absolute Gasteiger partial charge is 0.302 e. The van der Waals surface area contributed by atoms with Crippen LogP contribution in [0.4, 0.5) is 0 Å². The monoisotopic (exact) mass is 254 g/mol. The van der Waals surface area contributed by atoms with E-state index in [-0.39, 0.29) is 12.1 Å². The van der Waals surface area contributed by atoms with Crippen LogP contribution in [-0.4, -0.2) is 12.1 Å². The Hall–Kier alpha value is -0.790. The summed E-state index contributed by atoms with van der Waals surface area (Å²) < 4.78 is 5.35. The lowest BCUT2D eigenvalue weighted by atomic mass is 10.0. The van der Waals surface area contributed by atoms with E-state index < -0.39 is 0 Å². The molecule has 2 nitrogen and oxygen atoms in total. The van der Waals surface area contributed by atoms with E-state index in [2.05, 4.69) is 19.1 Å².